The zero-order valence-corrected chi connectivity index (χ0v) is 13.0. The first-order chi connectivity index (χ1) is 8.49. The summed E-state index contributed by atoms with van der Waals surface area (Å²) in [5.41, 5.74) is 0. The average Bonchev–Trinajstić information content (AvgIpc) is 2.26. The Labute approximate surface area is 113 Å². The molecule has 0 bridgehead atoms. The lowest BCUT2D eigenvalue weighted by Crippen LogP contribution is -2.25. The molecule has 0 N–H and O–H groups in total. The average molecular weight is 256 g/mol. The Morgan fingerprint density at radius 3 is 2.00 bits per heavy atom. The van der Waals surface area contributed by atoms with Crippen LogP contribution in [0, 0.1) is 11.8 Å². The first-order valence-corrected chi connectivity index (χ1v) is 7.69. The van der Waals surface area contributed by atoms with E-state index in [2.05, 4.69) is 20.8 Å². The Balaban J connectivity index is 3.87. The summed E-state index contributed by atoms with van der Waals surface area (Å²) in [7, 11) is 0. The highest BCUT2D eigenvalue weighted by molar-refractivity contribution is 5.72. The van der Waals surface area contributed by atoms with Crippen LogP contribution in [0.25, 0.3) is 0 Å². The summed E-state index contributed by atoms with van der Waals surface area (Å²) in [6.07, 6.45) is 8.64. The monoisotopic (exact) mass is 256 g/mol. The summed E-state index contributed by atoms with van der Waals surface area (Å²) in [6.45, 7) is 10.3. The fourth-order valence-corrected chi connectivity index (χ4v) is 2.19. The highest BCUT2D eigenvalue weighted by Crippen LogP contribution is 2.21. The van der Waals surface area contributed by atoms with Gasteiger partial charge in [0.1, 0.15) is 0 Å². The summed E-state index contributed by atoms with van der Waals surface area (Å²) in [4.78, 5) is 11.9. The number of esters is 1. The van der Waals surface area contributed by atoms with Gasteiger partial charge in [-0.25, -0.2) is 0 Å². The van der Waals surface area contributed by atoms with Gasteiger partial charge in [0, 0.05) is 0 Å². The van der Waals surface area contributed by atoms with E-state index in [4.69, 9.17) is 4.74 Å². The van der Waals surface area contributed by atoms with Gasteiger partial charge in [-0.15, -0.1) is 0 Å². The third kappa shape index (κ3) is 8.54. The maximum absolute atomic E-state index is 11.9. The van der Waals surface area contributed by atoms with Crippen molar-refractivity contribution in [3.63, 3.8) is 0 Å². The van der Waals surface area contributed by atoms with E-state index in [1.807, 2.05) is 13.8 Å². The Kier molecular flexibility index (Phi) is 10.1. The zero-order chi connectivity index (χ0) is 14.0. The van der Waals surface area contributed by atoms with Gasteiger partial charge in [0.15, 0.2) is 0 Å². The predicted molar refractivity (Wildman–Crippen MR) is 77.5 cm³/mol. The van der Waals surface area contributed by atoms with Crippen LogP contribution in [0.4, 0.5) is 0 Å². The molecule has 2 nitrogen and oxygen atoms in total. The maximum Gasteiger partial charge on any atom is 0.309 e. The molecule has 0 saturated heterocycles. The number of rotatable bonds is 10. The number of hydrogen-bond acceptors (Lipinski definition) is 2. The molecule has 0 amide bonds. The molecule has 0 aliphatic rings. The molecule has 2 heteroatoms. The fraction of sp³-hybridized carbons (Fsp3) is 0.938. The van der Waals surface area contributed by atoms with Crippen LogP contribution in [0.3, 0.4) is 0 Å². The van der Waals surface area contributed by atoms with Crippen molar-refractivity contribution >= 4 is 5.97 Å². The van der Waals surface area contributed by atoms with Crippen LogP contribution >= 0.6 is 0 Å². The summed E-state index contributed by atoms with van der Waals surface area (Å²) in [5.74, 6) is 0.457. The summed E-state index contributed by atoms with van der Waals surface area (Å²) < 4.78 is 5.33. The Bertz CT molecular complexity index is 209. The van der Waals surface area contributed by atoms with E-state index in [1.54, 1.807) is 0 Å². The molecule has 0 aromatic rings. The minimum Gasteiger partial charge on any atom is -0.463 e. The second kappa shape index (κ2) is 10.4. The van der Waals surface area contributed by atoms with Crippen molar-refractivity contribution in [3.8, 4) is 0 Å². The smallest absolute Gasteiger partial charge is 0.309 e. The molecule has 0 radical (unpaired) electrons. The van der Waals surface area contributed by atoms with E-state index < -0.39 is 0 Å². The van der Waals surface area contributed by atoms with Gasteiger partial charge in [-0.1, -0.05) is 59.3 Å². The molecule has 18 heavy (non-hydrogen) atoms. The van der Waals surface area contributed by atoms with Crippen molar-refractivity contribution in [3.05, 3.63) is 0 Å². The number of unbranched alkanes of at least 4 members (excludes halogenated alkanes) is 5. The molecule has 0 aliphatic carbocycles. The topological polar surface area (TPSA) is 26.3 Å². The summed E-state index contributed by atoms with van der Waals surface area (Å²) in [5, 5.41) is 0. The van der Waals surface area contributed by atoms with Gasteiger partial charge < -0.3 is 4.74 Å². The molecule has 0 heterocycles. The third-order valence-electron chi connectivity index (χ3n) is 3.33. The molecule has 1 unspecified atom stereocenters. The second-order valence-electron chi connectivity index (χ2n) is 5.89. The lowest BCUT2D eigenvalue weighted by Gasteiger charge is -2.20. The van der Waals surface area contributed by atoms with Crippen molar-refractivity contribution in [2.45, 2.75) is 85.7 Å². The highest BCUT2D eigenvalue weighted by atomic mass is 16.5. The Hall–Kier alpha value is -0.530. The first kappa shape index (κ1) is 17.5. The quantitative estimate of drug-likeness (QED) is 0.408. The fourth-order valence-electron chi connectivity index (χ4n) is 2.19. The van der Waals surface area contributed by atoms with Crippen LogP contribution in [-0.2, 0) is 9.53 Å². The van der Waals surface area contributed by atoms with Crippen LogP contribution in [0.2, 0.25) is 0 Å². The minimum atomic E-state index is -0.00596. The van der Waals surface area contributed by atoms with Crippen molar-refractivity contribution < 1.29 is 9.53 Å². The molecule has 108 valence electrons. The highest BCUT2D eigenvalue weighted by Gasteiger charge is 2.23. The van der Waals surface area contributed by atoms with Crippen molar-refractivity contribution in [1.29, 1.82) is 0 Å². The van der Waals surface area contributed by atoms with Gasteiger partial charge in [-0.05, 0) is 26.2 Å². The van der Waals surface area contributed by atoms with Gasteiger partial charge >= 0.3 is 5.97 Å². The molecule has 0 aromatic carbocycles. The second-order valence-corrected chi connectivity index (χ2v) is 5.89. The Morgan fingerprint density at radius 2 is 1.50 bits per heavy atom. The van der Waals surface area contributed by atoms with Crippen LogP contribution in [0.15, 0.2) is 0 Å². The molecule has 0 spiro atoms. The number of carbonyl (C=O) groups is 1. The lowest BCUT2D eigenvalue weighted by molar-refractivity contribution is -0.154. The summed E-state index contributed by atoms with van der Waals surface area (Å²) >= 11 is 0. The van der Waals surface area contributed by atoms with Gasteiger partial charge in [0.25, 0.3) is 0 Å². The zero-order valence-electron chi connectivity index (χ0n) is 13.0. The molecule has 0 rings (SSSR count). The van der Waals surface area contributed by atoms with Gasteiger partial charge in [-0.2, -0.15) is 0 Å². The molecule has 0 saturated carbocycles. The lowest BCUT2D eigenvalue weighted by atomic mass is 9.90. The molecule has 1 atom stereocenters. The molecular formula is C16H32O2. The van der Waals surface area contributed by atoms with Gasteiger partial charge in [0.05, 0.1) is 12.0 Å². The van der Waals surface area contributed by atoms with Crippen LogP contribution in [0.1, 0.15) is 79.6 Å². The first-order valence-electron chi connectivity index (χ1n) is 7.69. The van der Waals surface area contributed by atoms with Crippen molar-refractivity contribution in [1.82, 2.24) is 0 Å². The number of hydrogen-bond donors (Lipinski definition) is 0. The SMILES string of the molecule is CCCCCCCCC(C(=O)OC(C)C)C(C)C. The normalized spacial score (nSPS) is 13.1. The summed E-state index contributed by atoms with van der Waals surface area (Å²) in [6, 6.07) is 0. The molecule has 0 aliphatic heterocycles. The van der Waals surface area contributed by atoms with Crippen LogP contribution in [-0.4, -0.2) is 12.1 Å². The Morgan fingerprint density at radius 1 is 0.944 bits per heavy atom. The van der Waals surface area contributed by atoms with E-state index in [0.29, 0.717) is 5.92 Å². The number of ether oxygens (including phenoxy) is 1. The van der Waals surface area contributed by atoms with E-state index in [0.717, 1.165) is 12.8 Å². The molecule has 0 fully saturated rings. The number of carbonyl (C=O) groups excluding carboxylic acids is 1. The van der Waals surface area contributed by atoms with Gasteiger partial charge in [0.2, 0.25) is 0 Å². The van der Waals surface area contributed by atoms with E-state index in [-0.39, 0.29) is 18.0 Å². The van der Waals surface area contributed by atoms with Crippen LogP contribution in [0.5, 0.6) is 0 Å². The van der Waals surface area contributed by atoms with Crippen molar-refractivity contribution in [2.75, 3.05) is 0 Å². The van der Waals surface area contributed by atoms with Gasteiger partial charge in [-0.3, -0.25) is 4.79 Å². The van der Waals surface area contributed by atoms with E-state index >= 15 is 0 Å². The standard InChI is InChI=1S/C16H32O2/c1-6-7-8-9-10-11-12-15(13(2)3)16(17)18-14(4)5/h13-15H,6-12H2,1-5H3. The predicted octanol–water partition coefficient (Wildman–Crippen LogP) is 4.96. The van der Waals surface area contributed by atoms with Crippen molar-refractivity contribution in [2.24, 2.45) is 11.8 Å². The molecule has 0 aromatic heterocycles. The third-order valence-corrected chi connectivity index (χ3v) is 3.33. The van der Waals surface area contributed by atoms with E-state index in [1.165, 1.54) is 32.1 Å². The maximum atomic E-state index is 11.9. The van der Waals surface area contributed by atoms with Crippen LogP contribution < -0.4 is 0 Å². The molecular weight excluding hydrogens is 224 g/mol. The van der Waals surface area contributed by atoms with E-state index in [9.17, 15) is 4.79 Å². The minimum absolute atomic E-state index is 0.00306. The largest absolute Gasteiger partial charge is 0.463 e.